The Morgan fingerprint density at radius 3 is 2.91 bits per heavy atom. The molecule has 0 unspecified atom stereocenters. The van der Waals surface area contributed by atoms with E-state index in [1.54, 1.807) is 19.4 Å². The summed E-state index contributed by atoms with van der Waals surface area (Å²) >= 11 is 0. The van der Waals surface area contributed by atoms with Gasteiger partial charge in [0.25, 0.3) is 0 Å². The van der Waals surface area contributed by atoms with Crippen LogP contribution in [0.2, 0.25) is 0 Å². The number of hydrogen-bond acceptors (Lipinski definition) is 4. The van der Waals surface area contributed by atoms with Gasteiger partial charge in [-0.1, -0.05) is 0 Å². The van der Waals surface area contributed by atoms with Gasteiger partial charge in [0.05, 0.1) is 7.11 Å². The lowest BCUT2D eigenvalue weighted by atomic mass is 10.0. The van der Waals surface area contributed by atoms with Crippen molar-refractivity contribution in [2.75, 3.05) is 38.6 Å². The number of piperidine rings is 1. The van der Waals surface area contributed by atoms with Crippen LogP contribution >= 0.6 is 0 Å². The monoisotopic (exact) mass is 304 g/mol. The van der Waals surface area contributed by atoms with Crippen LogP contribution in [-0.4, -0.2) is 60.1 Å². The molecule has 2 aliphatic heterocycles. The van der Waals surface area contributed by atoms with Gasteiger partial charge in [0.2, 0.25) is 5.88 Å². The summed E-state index contributed by atoms with van der Waals surface area (Å²) in [6, 6.07) is 4.06. The Kier molecular flexibility index (Phi) is 4.77. The van der Waals surface area contributed by atoms with Crippen LogP contribution in [0.3, 0.4) is 0 Å². The van der Waals surface area contributed by atoms with Crippen molar-refractivity contribution in [2.24, 2.45) is 0 Å². The van der Waals surface area contributed by atoms with E-state index >= 15 is 0 Å². The summed E-state index contributed by atoms with van der Waals surface area (Å²) in [6.45, 7) is 3.99. The first kappa shape index (κ1) is 15.1. The van der Waals surface area contributed by atoms with Gasteiger partial charge in [-0.3, -0.25) is 4.90 Å². The summed E-state index contributed by atoms with van der Waals surface area (Å²) in [5.74, 6) is 0.448. The quantitative estimate of drug-likeness (QED) is 0.930. The zero-order valence-electron chi connectivity index (χ0n) is 13.1. The van der Waals surface area contributed by atoms with E-state index < -0.39 is 0 Å². The first-order valence-electron chi connectivity index (χ1n) is 8.07. The van der Waals surface area contributed by atoms with Crippen LogP contribution in [-0.2, 0) is 0 Å². The molecule has 0 aliphatic carbocycles. The van der Waals surface area contributed by atoms with Crippen molar-refractivity contribution < 1.29 is 9.53 Å². The smallest absolute Gasteiger partial charge is 0.322 e. The van der Waals surface area contributed by atoms with Gasteiger partial charge < -0.3 is 15.0 Å². The largest absolute Gasteiger partial charge is 0.480 e. The Hall–Kier alpha value is -1.82. The average Bonchev–Trinajstić information content (AvgIpc) is 3.10. The van der Waals surface area contributed by atoms with Crippen molar-refractivity contribution in [3.8, 4) is 5.88 Å². The predicted molar refractivity (Wildman–Crippen MR) is 85.2 cm³/mol. The van der Waals surface area contributed by atoms with E-state index in [0.29, 0.717) is 17.6 Å². The second-order valence-electron chi connectivity index (χ2n) is 5.98. The molecule has 1 aromatic rings. The molecule has 6 heteroatoms. The number of methoxy groups -OCH3 is 1. The molecule has 1 aromatic heterocycles. The highest BCUT2D eigenvalue weighted by atomic mass is 16.5. The molecular formula is C16H24N4O2. The molecule has 22 heavy (non-hydrogen) atoms. The van der Waals surface area contributed by atoms with Crippen LogP contribution in [0, 0.1) is 0 Å². The molecule has 2 saturated heterocycles. The minimum atomic E-state index is -0.0600. The van der Waals surface area contributed by atoms with Gasteiger partial charge in [0, 0.05) is 25.3 Å². The van der Waals surface area contributed by atoms with Crippen LogP contribution in [0.1, 0.15) is 25.7 Å². The van der Waals surface area contributed by atoms with Gasteiger partial charge in [0.1, 0.15) is 5.69 Å². The highest BCUT2D eigenvalue weighted by molar-refractivity contribution is 5.90. The van der Waals surface area contributed by atoms with Gasteiger partial charge in [-0.25, -0.2) is 9.78 Å². The van der Waals surface area contributed by atoms with Crippen LogP contribution in [0.4, 0.5) is 10.5 Å². The topological polar surface area (TPSA) is 57.7 Å². The second-order valence-corrected chi connectivity index (χ2v) is 5.98. The number of carbonyl (C=O) groups is 1. The number of amides is 2. The molecule has 1 atom stereocenters. The van der Waals surface area contributed by atoms with Crippen molar-refractivity contribution in [2.45, 2.75) is 31.7 Å². The summed E-state index contributed by atoms with van der Waals surface area (Å²) in [5, 5.41) is 2.92. The summed E-state index contributed by atoms with van der Waals surface area (Å²) in [5.41, 5.74) is 0.623. The average molecular weight is 304 g/mol. The van der Waals surface area contributed by atoms with E-state index in [4.69, 9.17) is 4.74 Å². The van der Waals surface area contributed by atoms with Crippen molar-refractivity contribution in [1.82, 2.24) is 14.8 Å². The maximum absolute atomic E-state index is 12.5. The fourth-order valence-electron chi connectivity index (χ4n) is 3.39. The number of nitrogens with zero attached hydrogens (tertiary/aromatic N) is 3. The zero-order chi connectivity index (χ0) is 15.4. The maximum atomic E-state index is 12.5. The summed E-state index contributed by atoms with van der Waals surface area (Å²) in [6.07, 6.45) is 6.49. The lowest BCUT2D eigenvalue weighted by molar-refractivity contribution is 0.131. The lowest BCUT2D eigenvalue weighted by Gasteiger charge is -2.37. The number of carbonyl (C=O) groups excluding carboxylic acids is 1. The molecular weight excluding hydrogens is 280 g/mol. The third kappa shape index (κ3) is 3.32. The van der Waals surface area contributed by atoms with E-state index in [2.05, 4.69) is 15.2 Å². The van der Waals surface area contributed by atoms with E-state index in [9.17, 15) is 4.79 Å². The minimum Gasteiger partial charge on any atom is -0.480 e. The number of likely N-dealkylation sites (tertiary alicyclic amines) is 2. The number of hydrogen-bond donors (Lipinski definition) is 1. The number of aromatic nitrogens is 1. The van der Waals surface area contributed by atoms with E-state index in [0.717, 1.165) is 19.5 Å². The lowest BCUT2D eigenvalue weighted by Crippen LogP contribution is -2.50. The Morgan fingerprint density at radius 2 is 2.14 bits per heavy atom. The number of pyridine rings is 1. The molecule has 0 bridgehead atoms. The van der Waals surface area contributed by atoms with E-state index in [1.165, 1.54) is 32.4 Å². The van der Waals surface area contributed by atoms with Gasteiger partial charge in [-0.15, -0.1) is 0 Å². The first-order chi connectivity index (χ1) is 10.8. The number of nitrogens with one attached hydrogen (secondary N) is 1. The molecule has 0 aromatic carbocycles. The molecule has 2 fully saturated rings. The first-order valence-corrected chi connectivity index (χ1v) is 8.07. The van der Waals surface area contributed by atoms with Crippen LogP contribution < -0.4 is 10.1 Å². The van der Waals surface area contributed by atoms with Gasteiger partial charge in [-0.05, 0) is 50.9 Å². The molecule has 1 N–H and O–H groups in total. The molecule has 3 rings (SSSR count). The summed E-state index contributed by atoms with van der Waals surface area (Å²) < 4.78 is 5.18. The van der Waals surface area contributed by atoms with Gasteiger partial charge in [0.15, 0.2) is 0 Å². The minimum absolute atomic E-state index is 0.0600. The second kappa shape index (κ2) is 6.96. The van der Waals surface area contributed by atoms with Crippen LogP contribution in [0.25, 0.3) is 0 Å². The van der Waals surface area contributed by atoms with Crippen molar-refractivity contribution >= 4 is 11.7 Å². The Balaban J connectivity index is 1.61. The Labute approximate surface area is 131 Å². The molecule has 0 spiro atoms. The third-order valence-electron chi connectivity index (χ3n) is 4.55. The van der Waals surface area contributed by atoms with Gasteiger partial charge >= 0.3 is 6.03 Å². The number of urea groups is 1. The normalized spacial score (nSPS) is 22.6. The third-order valence-corrected chi connectivity index (χ3v) is 4.55. The summed E-state index contributed by atoms with van der Waals surface area (Å²) in [4.78, 5) is 21.1. The fraction of sp³-hybridized carbons (Fsp3) is 0.625. The zero-order valence-corrected chi connectivity index (χ0v) is 13.1. The standard InChI is InChI=1S/C16H24N4O2/c1-22-15-14(7-4-8-17-15)18-16(21)20-11-5-6-13(12-20)19-9-2-3-10-19/h4,7-8,13H,2-3,5-6,9-12H2,1H3,(H,18,21)/t13-/m1/s1. The van der Waals surface area contributed by atoms with Crippen molar-refractivity contribution in [3.63, 3.8) is 0 Å². The molecule has 0 radical (unpaired) electrons. The molecule has 120 valence electrons. The predicted octanol–water partition coefficient (Wildman–Crippen LogP) is 2.18. The fourth-order valence-corrected chi connectivity index (χ4v) is 3.39. The Bertz CT molecular complexity index is 517. The van der Waals surface area contributed by atoms with E-state index in [-0.39, 0.29) is 6.03 Å². The van der Waals surface area contributed by atoms with Crippen molar-refractivity contribution in [3.05, 3.63) is 18.3 Å². The Morgan fingerprint density at radius 1 is 1.32 bits per heavy atom. The van der Waals surface area contributed by atoms with Crippen LogP contribution in [0.15, 0.2) is 18.3 Å². The highest BCUT2D eigenvalue weighted by Gasteiger charge is 2.29. The maximum Gasteiger partial charge on any atom is 0.322 e. The molecule has 3 heterocycles. The number of anilines is 1. The van der Waals surface area contributed by atoms with Crippen molar-refractivity contribution in [1.29, 1.82) is 0 Å². The number of ether oxygens (including phenoxy) is 1. The SMILES string of the molecule is COc1ncccc1NC(=O)N1CCC[C@@H](N2CCCC2)C1. The molecule has 2 amide bonds. The summed E-state index contributed by atoms with van der Waals surface area (Å²) in [7, 11) is 1.56. The van der Waals surface area contributed by atoms with Gasteiger partial charge in [-0.2, -0.15) is 0 Å². The molecule has 0 saturated carbocycles. The van der Waals surface area contributed by atoms with Crippen LogP contribution in [0.5, 0.6) is 5.88 Å². The molecule has 2 aliphatic rings. The molecule has 6 nitrogen and oxygen atoms in total. The highest BCUT2D eigenvalue weighted by Crippen LogP contribution is 2.23. The van der Waals surface area contributed by atoms with E-state index in [1.807, 2.05) is 11.0 Å². The number of rotatable bonds is 3.